The maximum Gasteiger partial charge on any atom is 0.329 e. The molecule has 4 rings (SSSR count). The fourth-order valence-electron chi connectivity index (χ4n) is 3.38. The van der Waals surface area contributed by atoms with Gasteiger partial charge in [-0.15, -0.1) is 11.3 Å². The quantitative estimate of drug-likeness (QED) is 0.399. The number of benzene rings is 1. The van der Waals surface area contributed by atoms with Gasteiger partial charge in [-0.1, -0.05) is 6.07 Å². The van der Waals surface area contributed by atoms with Crippen LogP contribution in [0.2, 0.25) is 0 Å². The molecule has 0 fully saturated rings. The van der Waals surface area contributed by atoms with E-state index in [9.17, 15) is 9.59 Å². The second-order valence-electron chi connectivity index (χ2n) is 7.24. The molecule has 1 aliphatic heterocycles. The van der Waals surface area contributed by atoms with Crippen LogP contribution in [0.5, 0.6) is 5.75 Å². The van der Waals surface area contributed by atoms with Crippen LogP contribution >= 0.6 is 11.3 Å². The lowest BCUT2D eigenvalue weighted by molar-refractivity contribution is -0.147. The number of anilines is 1. The second kappa shape index (κ2) is 9.46. The van der Waals surface area contributed by atoms with E-state index in [2.05, 4.69) is 4.98 Å². The van der Waals surface area contributed by atoms with E-state index in [-0.39, 0.29) is 19.1 Å². The average Bonchev–Trinajstić information content (AvgIpc) is 3.30. The van der Waals surface area contributed by atoms with Gasteiger partial charge >= 0.3 is 5.97 Å². The van der Waals surface area contributed by atoms with Gasteiger partial charge in [0.25, 0.3) is 5.91 Å². The number of methoxy groups -OCH3 is 1. The molecule has 1 aliphatic rings. The number of fused-ring (bicyclic) bond motifs is 1. The van der Waals surface area contributed by atoms with Crippen molar-refractivity contribution in [2.45, 2.75) is 26.0 Å². The molecule has 1 aromatic carbocycles. The predicted octanol–water partition coefficient (Wildman–Crippen LogP) is 3.56. The van der Waals surface area contributed by atoms with Gasteiger partial charge < -0.3 is 14.2 Å². The Morgan fingerprint density at radius 3 is 2.84 bits per heavy atom. The minimum atomic E-state index is -0.820. The molecule has 0 bridgehead atoms. The van der Waals surface area contributed by atoms with Crippen molar-refractivity contribution in [2.24, 2.45) is 0 Å². The van der Waals surface area contributed by atoms with Gasteiger partial charge in [0.2, 0.25) is 0 Å². The molecular weight excluding hydrogens is 430 g/mol. The third-order valence-electron chi connectivity index (χ3n) is 5.05. The lowest BCUT2D eigenvalue weighted by Gasteiger charge is -2.36. The van der Waals surface area contributed by atoms with Crippen molar-refractivity contribution in [3.05, 3.63) is 48.0 Å². The molecule has 0 radical (unpaired) electrons. The third kappa shape index (κ3) is 4.35. The van der Waals surface area contributed by atoms with E-state index in [1.165, 1.54) is 23.3 Å². The minimum Gasteiger partial charge on any atom is -0.479 e. The SMILES string of the molecule is COCCOC(=O)C(C)N1C(=O)C(C)Oc2ccc(-c3csc(-c4ccccn4)n3)cc21. The monoisotopic (exact) mass is 453 g/mol. The van der Waals surface area contributed by atoms with Crippen LogP contribution in [0, 0.1) is 0 Å². The van der Waals surface area contributed by atoms with E-state index in [0.29, 0.717) is 11.4 Å². The summed E-state index contributed by atoms with van der Waals surface area (Å²) in [4.78, 5) is 36.0. The van der Waals surface area contributed by atoms with Crippen molar-refractivity contribution in [1.82, 2.24) is 9.97 Å². The first-order valence-electron chi connectivity index (χ1n) is 10.2. The Hall–Kier alpha value is -3.30. The summed E-state index contributed by atoms with van der Waals surface area (Å²) >= 11 is 1.49. The number of esters is 1. The number of ether oxygens (including phenoxy) is 3. The highest BCUT2D eigenvalue weighted by atomic mass is 32.1. The molecule has 3 heterocycles. The molecule has 8 nitrogen and oxygen atoms in total. The molecule has 2 aromatic heterocycles. The fourth-order valence-corrected chi connectivity index (χ4v) is 4.19. The number of hydrogen-bond acceptors (Lipinski definition) is 8. The Bertz CT molecular complexity index is 1120. The van der Waals surface area contributed by atoms with Crippen LogP contribution in [-0.4, -0.2) is 54.3 Å². The summed E-state index contributed by atoms with van der Waals surface area (Å²) < 4.78 is 15.9. The summed E-state index contributed by atoms with van der Waals surface area (Å²) in [5, 5.41) is 2.73. The fraction of sp³-hybridized carbons (Fsp3) is 0.304. The summed E-state index contributed by atoms with van der Waals surface area (Å²) in [5.74, 6) is -0.289. The van der Waals surface area contributed by atoms with Crippen molar-refractivity contribution in [1.29, 1.82) is 0 Å². The van der Waals surface area contributed by atoms with Gasteiger partial charge in [0.15, 0.2) is 6.10 Å². The Labute approximate surface area is 189 Å². The van der Waals surface area contributed by atoms with E-state index in [1.54, 1.807) is 26.1 Å². The lowest BCUT2D eigenvalue weighted by Crippen LogP contribution is -2.52. The largest absolute Gasteiger partial charge is 0.479 e. The van der Waals surface area contributed by atoms with Crippen molar-refractivity contribution in [3.8, 4) is 27.7 Å². The second-order valence-corrected chi connectivity index (χ2v) is 8.10. The van der Waals surface area contributed by atoms with Crippen molar-refractivity contribution in [3.63, 3.8) is 0 Å². The maximum atomic E-state index is 12.9. The number of hydrogen-bond donors (Lipinski definition) is 0. The van der Waals surface area contributed by atoms with Crippen LogP contribution < -0.4 is 9.64 Å². The van der Waals surface area contributed by atoms with Crippen molar-refractivity contribution >= 4 is 28.9 Å². The van der Waals surface area contributed by atoms with Crippen LogP contribution in [0.15, 0.2) is 48.0 Å². The molecule has 2 atom stereocenters. The molecule has 2 unspecified atom stereocenters. The zero-order valence-electron chi connectivity index (χ0n) is 18.0. The molecule has 0 aliphatic carbocycles. The van der Waals surface area contributed by atoms with Gasteiger partial charge in [-0.25, -0.2) is 9.78 Å². The molecule has 0 N–H and O–H groups in total. The normalized spacial score (nSPS) is 16.3. The van der Waals surface area contributed by atoms with E-state index < -0.39 is 18.1 Å². The van der Waals surface area contributed by atoms with Crippen LogP contribution in [0.25, 0.3) is 22.0 Å². The molecule has 0 saturated heterocycles. The van der Waals surface area contributed by atoms with Crippen LogP contribution in [0.4, 0.5) is 5.69 Å². The first-order chi connectivity index (χ1) is 15.5. The van der Waals surface area contributed by atoms with Gasteiger partial charge in [0.05, 0.1) is 23.7 Å². The topological polar surface area (TPSA) is 90.9 Å². The Morgan fingerprint density at radius 1 is 1.25 bits per heavy atom. The number of carbonyl (C=O) groups is 2. The Balaban J connectivity index is 1.66. The lowest BCUT2D eigenvalue weighted by atomic mass is 10.1. The number of rotatable bonds is 7. The van der Waals surface area contributed by atoms with Gasteiger partial charge in [-0.3, -0.25) is 14.7 Å². The summed E-state index contributed by atoms with van der Waals surface area (Å²) in [6.45, 7) is 3.71. The van der Waals surface area contributed by atoms with Crippen LogP contribution in [-0.2, 0) is 19.1 Å². The number of aromatic nitrogens is 2. The van der Waals surface area contributed by atoms with Crippen molar-refractivity contribution < 1.29 is 23.8 Å². The summed E-state index contributed by atoms with van der Waals surface area (Å²) in [6.07, 6.45) is 1.02. The maximum absolute atomic E-state index is 12.9. The number of pyridine rings is 1. The van der Waals surface area contributed by atoms with Crippen LogP contribution in [0.1, 0.15) is 13.8 Å². The van der Waals surface area contributed by atoms with Gasteiger partial charge in [-0.05, 0) is 44.2 Å². The number of carbonyl (C=O) groups excluding carboxylic acids is 2. The highest BCUT2D eigenvalue weighted by Gasteiger charge is 2.38. The van der Waals surface area contributed by atoms with E-state index >= 15 is 0 Å². The molecule has 0 spiro atoms. The highest BCUT2D eigenvalue weighted by molar-refractivity contribution is 7.13. The molecule has 166 valence electrons. The third-order valence-corrected chi connectivity index (χ3v) is 5.92. The molecule has 3 aromatic rings. The van der Waals surface area contributed by atoms with Crippen LogP contribution in [0.3, 0.4) is 0 Å². The standard InChI is InChI=1S/C23H23N3O5S/c1-14(23(28)30-11-10-29-3)26-19-12-16(7-8-20(19)31-15(2)22(26)27)18-13-32-21(25-18)17-6-4-5-9-24-17/h4-9,12-15H,10-11H2,1-3H3. The molecule has 9 heteroatoms. The average molecular weight is 454 g/mol. The highest BCUT2D eigenvalue weighted by Crippen LogP contribution is 2.39. The smallest absolute Gasteiger partial charge is 0.329 e. The number of amides is 1. The Morgan fingerprint density at radius 2 is 2.09 bits per heavy atom. The van der Waals surface area contributed by atoms with E-state index in [0.717, 1.165) is 22.0 Å². The molecule has 0 saturated carbocycles. The van der Waals surface area contributed by atoms with Gasteiger partial charge in [0, 0.05) is 24.3 Å². The first-order valence-corrected chi connectivity index (χ1v) is 11.0. The minimum absolute atomic E-state index is 0.121. The number of thiazole rings is 1. The van der Waals surface area contributed by atoms with Crippen molar-refractivity contribution in [2.75, 3.05) is 25.2 Å². The zero-order chi connectivity index (χ0) is 22.7. The summed E-state index contributed by atoms with van der Waals surface area (Å²) in [5.41, 5.74) is 2.86. The summed E-state index contributed by atoms with van der Waals surface area (Å²) in [6, 6.07) is 10.4. The van der Waals surface area contributed by atoms with E-state index in [1.807, 2.05) is 35.7 Å². The Kier molecular flexibility index (Phi) is 6.48. The van der Waals surface area contributed by atoms with E-state index in [4.69, 9.17) is 19.2 Å². The predicted molar refractivity (Wildman–Crippen MR) is 121 cm³/mol. The zero-order valence-corrected chi connectivity index (χ0v) is 18.8. The molecule has 1 amide bonds. The van der Waals surface area contributed by atoms with Gasteiger partial charge in [-0.2, -0.15) is 0 Å². The summed E-state index contributed by atoms with van der Waals surface area (Å²) in [7, 11) is 1.53. The van der Waals surface area contributed by atoms with Gasteiger partial charge in [0.1, 0.15) is 23.4 Å². The first kappa shape index (κ1) is 21.9. The number of nitrogens with zero attached hydrogens (tertiary/aromatic N) is 3. The molecular formula is C23H23N3O5S. The molecule has 32 heavy (non-hydrogen) atoms.